The van der Waals surface area contributed by atoms with Crippen LogP contribution in [0.3, 0.4) is 0 Å². The normalized spacial score (nSPS) is 12.9. The van der Waals surface area contributed by atoms with Gasteiger partial charge < -0.3 is 5.32 Å². The van der Waals surface area contributed by atoms with Gasteiger partial charge in [-0.2, -0.15) is 10.2 Å². The highest BCUT2D eigenvalue weighted by atomic mass is 15.3. The molecule has 6 nitrogen and oxygen atoms in total. The van der Waals surface area contributed by atoms with Gasteiger partial charge >= 0.3 is 0 Å². The van der Waals surface area contributed by atoms with Gasteiger partial charge in [0, 0.05) is 48.0 Å². The molecule has 20 heavy (non-hydrogen) atoms. The van der Waals surface area contributed by atoms with Crippen molar-refractivity contribution < 1.29 is 0 Å². The number of nitrogens with zero attached hydrogens (tertiary/aromatic N) is 4. The molecule has 0 spiro atoms. The van der Waals surface area contributed by atoms with Crippen LogP contribution in [-0.4, -0.2) is 24.8 Å². The number of rotatable bonds is 4. The van der Waals surface area contributed by atoms with Crippen LogP contribution in [-0.2, 0) is 6.54 Å². The third-order valence-electron chi connectivity index (χ3n) is 3.51. The predicted octanol–water partition coefficient (Wildman–Crippen LogP) is 1.92. The quantitative estimate of drug-likeness (QED) is 0.760. The standard InChI is InChI=1S/C14H18N6/c1-9-6-14-16-8-13(11(3)20(14)19-9)10(2)15-7-12-4-5-17-18-12/h4-6,8,10,15H,7H2,1-3H3,(H,17,18). The molecule has 0 aliphatic heterocycles. The number of H-pyrrole nitrogens is 1. The fraction of sp³-hybridized carbons (Fsp3) is 0.357. The molecule has 1 unspecified atom stereocenters. The van der Waals surface area contributed by atoms with E-state index in [0.29, 0.717) is 0 Å². The molecule has 0 aliphatic rings. The zero-order chi connectivity index (χ0) is 14.1. The molecule has 0 amide bonds. The van der Waals surface area contributed by atoms with Crippen molar-refractivity contribution in [2.24, 2.45) is 0 Å². The van der Waals surface area contributed by atoms with Crippen molar-refractivity contribution in [2.45, 2.75) is 33.4 Å². The summed E-state index contributed by atoms with van der Waals surface area (Å²) in [5, 5.41) is 14.8. The molecule has 0 fully saturated rings. The number of hydrogen-bond donors (Lipinski definition) is 2. The second kappa shape index (κ2) is 5.05. The number of aromatic amines is 1. The van der Waals surface area contributed by atoms with E-state index >= 15 is 0 Å². The highest BCUT2D eigenvalue weighted by Gasteiger charge is 2.12. The molecule has 6 heteroatoms. The van der Waals surface area contributed by atoms with Crippen LogP contribution in [0.15, 0.2) is 24.5 Å². The van der Waals surface area contributed by atoms with Crippen LogP contribution in [0.5, 0.6) is 0 Å². The molecule has 3 aromatic rings. The summed E-state index contributed by atoms with van der Waals surface area (Å²) >= 11 is 0. The lowest BCUT2D eigenvalue weighted by atomic mass is 10.1. The average molecular weight is 270 g/mol. The molecule has 3 heterocycles. The van der Waals surface area contributed by atoms with Gasteiger partial charge in [-0.3, -0.25) is 5.10 Å². The van der Waals surface area contributed by atoms with Gasteiger partial charge in [0.15, 0.2) is 5.65 Å². The molecule has 1 atom stereocenters. The van der Waals surface area contributed by atoms with E-state index in [-0.39, 0.29) is 6.04 Å². The molecule has 0 aliphatic carbocycles. The second-order valence-electron chi connectivity index (χ2n) is 5.04. The van der Waals surface area contributed by atoms with Crippen LogP contribution >= 0.6 is 0 Å². The summed E-state index contributed by atoms with van der Waals surface area (Å²) < 4.78 is 1.90. The van der Waals surface area contributed by atoms with Gasteiger partial charge in [-0.05, 0) is 26.8 Å². The van der Waals surface area contributed by atoms with Gasteiger partial charge in [0.1, 0.15) is 0 Å². The third kappa shape index (κ3) is 2.30. The van der Waals surface area contributed by atoms with Gasteiger partial charge in [-0.25, -0.2) is 9.50 Å². The SMILES string of the molecule is Cc1cc2ncc(C(C)NCc3ccn[nH]3)c(C)n2n1. The van der Waals surface area contributed by atoms with E-state index in [1.54, 1.807) is 6.20 Å². The van der Waals surface area contributed by atoms with Crippen LogP contribution < -0.4 is 5.32 Å². The number of aryl methyl sites for hydroxylation is 2. The summed E-state index contributed by atoms with van der Waals surface area (Å²) in [5.41, 5.74) is 5.21. The summed E-state index contributed by atoms with van der Waals surface area (Å²) in [7, 11) is 0. The zero-order valence-corrected chi connectivity index (χ0v) is 11.9. The van der Waals surface area contributed by atoms with Gasteiger partial charge in [0.2, 0.25) is 0 Å². The Morgan fingerprint density at radius 3 is 3.00 bits per heavy atom. The van der Waals surface area contributed by atoms with Crippen molar-refractivity contribution in [1.82, 2.24) is 30.1 Å². The first kappa shape index (κ1) is 12.8. The lowest BCUT2D eigenvalue weighted by molar-refractivity contribution is 0.558. The van der Waals surface area contributed by atoms with Crippen LogP contribution in [0, 0.1) is 13.8 Å². The first-order valence-corrected chi connectivity index (χ1v) is 6.68. The minimum absolute atomic E-state index is 0.194. The molecule has 3 rings (SSSR count). The number of hydrogen-bond acceptors (Lipinski definition) is 4. The van der Waals surface area contributed by atoms with Crippen LogP contribution in [0.25, 0.3) is 5.65 Å². The third-order valence-corrected chi connectivity index (χ3v) is 3.51. The molecule has 2 N–H and O–H groups in total. The first-order chi connectivity index (χ1) is 9.65. The molecule has 0 aromatic carbocycles. The Morgan fingerprint density at radius 2 is 2.25 bits per heavy atom. The van der Waals surface area contributed by atoms with Crippen molar-refractivity contribution in [3.8, 4) is 0 Å². The highest BCUT2D eigenvalue weighted by molar-refractivity contribution is 5.42. The summed E-state index contributed by atoms with van der Waals surface area (Å²) in [4.78, 5) is 4.47. The van der Waals surface area contributed by atoms with Crippen molar-refractivity contribution in [1.29, 1.82) is 0 Å². The predicted molar refractivity (Wildman–Crippen MR) is 76.3 cm³/mol. The van der Waals surface area contributed by atoms with Gasteiger partial charge in [-0.15, -0.1) is 0 Å². The first-order valence-electron chi connectivity index (χ1n) is 6.68. The van der Waals surface area contributed by atoms with E-state index in [9.17, 15) is 0 Å². The molecule has 0 saturated heterocycles. The highest BCUT2D eigenvalue weighted by Crippen LogP contribution is 2.18. The Labute approximate surface area is 117 Å². The van der Waals surface area contributed by atoms with E-state index < -0.39 is 0 Å². The Kier molecular flexibility index (Phi) is 3.23. The van der Waals surface area contributed by atoms with Gasteiger partial charge in [0.25, 0.3) is 0 Å². The van der Waals surface area contributed by atoms with Crippen LogP contribution in [0.4, 0.5) is 0 Å². The summed E-state index contributed by atoms with van der Waals surface area (Å²) in [6.45, 7) is 6.93. The maximum absolute atomic E-state index is 4.48. The van der Waals surface area contributed by atoms with Crippen LogP contribution in [0.2, 0.25) is 0 Å². The zero-order valence-electron chi connectivity index (χ0n) is 11.9. The largest absolute Gasteiger partial charge is 0.304 e. The average Bonchev–Trinajstić information content (AvgIpc) is 3.05. The Bertz CT molecular complexity index is 713. The van der Waals surface area contributed by atoms with Gasteiger partial charge in [0.05, 0.1) is 5.69 Å². The second-order valence-corrected chi connectivity index (χ2v) is 5.04. The molecule has 0 saturated carbocycles. The van der Waals surface area contributed by atoms with E-state index in [0.717, 1.165) is 34.8 Å². The van der Waals surface area contributed by atoms with Crippen molar-refractivity contribution in [3.05, 3.63) is 47.2 Å². The topological polar surface area (TPSA) is 70.9 Å². The number of nitrogens with one attached hydrogen (secondary N) is 2. The lowest BCUT2D eigenvalue weighted by Gasteiger charge is -2.16. The minimum Gasteiger partial charge on any atom is -0.304 e. The molecule has 0 radical (unpaired) electrons. The maximum atomic E-state index is 4.48. The Balaban J connectivity index is 1.83. The van der Waals surface area contributed by atoms with E-state index in [4.69, 9.17) is 0 Å². The lowest BCUT2D eigenvalue weighted by Crippen LogP contribution is -2.20. The fourth-order valence-electron chi connectivity index (χ4n) is 2.36. The van der Waals surface area contributed by atoms with Crippen molar-refractivity contribution in [2.75, 3.05) is 0 Å². The summed E-state index contributed by atoms with van der Waals surface area (Å²) in [6.07, 6.45) is 3.68. The molecule has 3 aromatic heterocycles. The van der Waals surface area contributed by atoms with E-state index in [1.807, 2.05) is 29.8 Å². The van der Waals surface area contributed by atoms with Crippen molar-refractivity contribution >= 4 is 5.65 Å². The monoisotopic (exact) mass is 270 g/mol. The molecule has 104 valence electrons. The summed E-state index contributed by atoms with van der Waals surface area (Å²) in [6, 6.07) is 4.14. The molecule has 0 bridgehead atoms. The smallest absolute Gasteiger partial charge is 0.155 e. The van der Waals surface area contributed by atoms with Crippen molar-refractivity contribution in [3.63, 3.8) is 0 Å². The van der Waals surface area contributed by atoms with Gasteiger partial charge in [-0.1, -0.05) is 0 Å². The minimum atomic E-state index is 0.194. The number of fused-ring (bicyclic) bond motifs is 1. The summed E-state index contributed by atoms with van der Waals surface area (Å²) in [5.74, 6) is 0. The van der Waals surface area contributed by atoms with Crippen LogP contribution in [0.1, 0.15) is 35.6 Å². The van der Waals surface area contributed by atoms with E-state index in [2.05, 4.69) is 39.4 Å². The van der Waals surface area contributed by atoms with E-state index in [1.165, 1.54) is 0 Å². The molecular formula is C14H18N6. The molecular weight excluding hydrogens is 252 g/mol. The number of aromatic nitrogens is 5. The maximum Gasteiger partial charge on any atom is 0.155 e. The Morgan fingerprint density at radius 1 is 1.40 bits per heavy atom. The fourth-order valence-corrected chi connectivity index (χ4v) is 2.36. The Hall–Kier alpha value is -2.21.